The third-order valence-corrected chi connectivity index (χ3v) is 6.62. The van der Waals surface area contributed by atoms with Gasteiger partial charge in [0.1, 0.15) is 0 Å². The van der Waals surface area contributed by atoms with Gasteiger partial charge < -0.3 is 20.9 Å². The van der Waals surface area contributed by atoms with Crippen LogP contribution in [0.2, 0.25) is 5.02 Å². The maximum absolute atomic E-state index is 13.6. The number of halogens is 1. The Bertz CT molecular complexity index is 1170. The quantitative estimate of drug-likeness (QED) is 0.492. The highest BCUT2D eigenvalue weighted by atomic mass is 35.5. The first kappa shape index (κ1) is 24.0. The smallest absolute Gasteiger partial charge is 0.258 e. The van der Waals surface area contributed by atoms with Crippen molar-refractivity contribution in [1.82, 2.24) is 10.6 Å². The van der Waals surface area contributed by atoms with E-state index in [-0.39, 0.29) is 30.3 Å². The van der Waals surface area contributed by atoms with E-state index < -0.39 is 0 Å². The number of carbonyl (C=O) groups is 2. The molecular formula is C27H29ClN4O2. The van der Waals surface area contributed by atoms with Gasteiger partial charge in [-0.05, 0) is 68.0 Å². The molecule has 1 aliphatic heterocycles. The minimum Gasteiger partial charge on any atom is -0.326 e. The molecule has 4 rings (SSSR count). The largest absolute Gasteiger partial charge is 0.326 e. The summed E-state index contributed by atoms with van der Waals surface area (Å²) in [6, 6.07) is 22.7. The summed E-state index contributed by atoms with van der Waals surface area (Å²) in [5, 5.41) is 10.2. The van der Waals surface area contributed by atoms with Crippen LogP contribution in [0.4, 0.5) is 11.4 Å². The van der Waals surface area contributed by atoms with Crippen LogP contribution >= 0.6 is 11.6 Å². The Morgan fingerprint density at radius 3 is 2.35 bits per heavy atom. The van der Waals surface area contributed by atoms with Crippen molar-refractivity contribution >= 4 is 34.8 Å². The lowest BCUT2D eigenvalue weighted by molar-refractivity contribution is -0.115. The van der Waals surface area contributed by atoms with E-state index in [0.717, 1.165) is 23.2 Å². The molecule has 7 heteroatoms. The first-order chi connectivity index (χ1) is 16.5. The van der Waals surface area contributed by atoms with Gasteiger partial charge in [-0.25, -0.2) is 0 Å². The summed E-state index contributed by atoms with van der Waals surface area (Å²) in [4.78, 5) is 27.9. The Kier molecular flexibility index (Phi) is 7.63. The molecule has 0 saturated heterocycles. The minimum absolute atomic E-state index is 0.0709. The summed E-state index contributed by atoms with van der Waals surface area (Å²) < 4.78 is 0. The van der Waals surface area contributed by atoms with Crippen molar-refractivity contribution in [3.05, 3.63) is 94.5 Å². The number of para-hydroxylation sites is 1. The van der Waals surface area contributed by atoms with Gasteiger partial charge in [0.2, 0.25) is 5.91 Å². The number of carbonyl (C=O) groups excluding carboxylic acids is 2. The Morgan fingerprint density at radius 1 is 0.941 bits per heavy atom. The normalized spacial score (nSPS) is 17.6. The number of fused-ring (bicyclic) bond motifs is 1. The number of nitrogens with zero attached hydrogens (tertiary/aromatic N) is 1. The van der Waals surface area contributed by atoms with Crippen LogP contribution in [0.3, 0.4) is 0 Å². The summed E-state index contributed by atoms with van der Waals surface area (Å²) in [5.41, 5.74) is 4.00. The van der Waals surface area contributed by atoms with E-state index in [0.29, 0.717) is 22.8 Å². The van der Waals surface area contributed by atoms with Crippen molar-refractivity contribution < 1.29 is 9.59 Å². The van der Waals surface area contributed by atoms with Crippen molar-refractivity contribution in [2.45, 2.75) is 24.9 Å². The molecule has 1 aliphatic rings. The molecule has 3 N–H and O–H groups in total. The second-order valence-corrected chi connectivity index (χ2v) is 8.84. The Balaban J connectivity index is 1.51. The zero-order valence-electron chi connectivity index (χ0n) is 19.3. The first-order valence-electron chi connectivity index (χ1n) is 11.4. The Labute approximate surface area is 205 Å². The van der Waals surface area contributed by atoms with Crippen molar-refractivity contribution in [3.8, 4) is 0 Å². The molecule has 0 aromatic heterocycles. The van der Waals surface area contributed by atoms with Crippen LogP contribution in [-0.2, 0) is 11.2 Å². The lowest BCUT2D eigenvalue weighted by Crippen LogP contribution is -2.42. The molecule has 3 aromatic rings. The van der Waals surface area contributed by atoms with Crippen molar-refractivity contribution in [3.63, 3.8) is 0 Å². The molecular weight excluding hydrogens is 448 g/mol. The van der Waals surface area contributed by atoms with E-state index in [1.165, 1.54) is 0 Å². The van der Waals surface area contributed by atoms with Crippen molar-refractivity contribution in [2.24, 2.45) is 0 Å². The molecule has 0 bridgehead atoms. The summed E-state index contributed by atoms with van der Waals surface area (Å²) >= 11 is 6.16. The van der Waals surface area contributed by atoms with Crippen LogP contribution in [0.25, 0.3) is 0 Å². The monoisotopic (exact) mass is 476 g/mol. The lowest BCUT2D eigenvalue weighted by Gasteiger charge is -2.26. The maximum Gasteiger partial charge on any atom is 0.258 e. The molecule has 1 heterocycles. The molecule has 0 spiro atoms. The van der Waals surface area contributed by atoms with Gasteiger partial charge in [-0.2, -0.15) is 0 Å². The van der Waals surface area contributed by atoms with E-state index in [9.17, 15) is 9.59 Å². The Morgan fingerprint density at radius 2 is 1.65 bits per heavy atom. The van der Waals surface area contributed by atoms with Crippen LogP contribution in [0.1, 0.15) is 33.9 Å². The molecule has 0 radical (unpaired) electrons. The lowest BCUT2D eigenvalue weighted by atomic mass is 10.00. The number of hydrogen-bond donors (Lipinski definition) is 3. The van der Waals surface area contributed by atoms with Gasteiger partial charge >= 0.3 is 0 Å². The second-order valence-electron chi connectivity index (χ2n) is 8.43. The maximum atomic E-state index is 13.6. The average Bonchev–Trinajstić information content (AvgIpc) is 3.02. The van der Waals surface area contributed by atoms with Gasteiger partial charge in [0.15, 0.2) is 0 Å². The van der Waals surface area contributed by atoms with E-state index >= 15 is 0 Å². The number of hydrogen-bond acceptors (Lipinski definition) is 4. The van der Waals surface area contributed by atoms with E-state index in [2.05, 4.69) is 22.0 Å². The predicted octanol–water partition coefficient (Wildman–Crippen LogP) is 4.42. The summed E-state index contributed by atoms with van der Waals surface area (Å²) in [5.74, 6) is -0.234. The molecule has 2 unspecified atom stereocenters. The fraction of sp³-hybridized carbons (Fsp3) is 0.259. The van der Waals surface area contributed by atoms with Crippen LogP contribution in [0.15, 0.2) is 72.8 Å². The third-order valence-electron chi connectivity index (χ3n) is 6.25. The molecule has 0 fully saturated rings. The van der Waals surface area contributed by atoms with Gasteiger partial charge in [-0.1, -0.05) is 48.0 Å². The molecule has 176 valence electrons. The molecule has 6 nitrogen and oxygen atoms in total. The standard InChI is InChI=1S/C27H29ClN4O2/c1-29-21-16-24(30-2)22-8-4-6-10-25(22)32(17-21)27(34)18-11-13-20(14-12-18)31-26(33)15-19-7-3-5-9-23(19)28/h3-14,21,24,29-30H,15-17H2,1-2H3,(H,31,33). The molecule has 0 saturated carbocycles. The predicted molar refractivity (Wildman–Crippen MR) is 138 cm³/mol. The number of likely N-dealkylation sites (N-methyl/N-ethyl adjacent to an activating group) is 1. The fourth-order valence-electron chi connectivity index (χ4n) is 4.38. The Hall–Kier alpha value is -3.19. The van der Waals surface area contributed by atoms with Crippen LogP contribution in [0.5, 0.6) is 0 Å². The van der Waals surface area contributed by atoms with Gasteiger partial charge in [-0.15, -0.1) is 0 Å². The highest BCUT2D eigenvalue weighted by Crippen LogP contribution is 2.33. The summed E-state index contributed by atoms with van der Waals surface area (Å²) in [6.45, 7) is 0.570. The van der Waals surface area contributed by atoms with Gasteiger partial charge in [0.25, 0.3) is 5.91 Å². The van der Waals surface area contributed by atoms with E-state index in [1.807, 2.05) is 55.4 Å². The molecule has 0 aliphatic carbocycles. The highest BCUT2D eigenvalue weighted by molar-refractivity contribution is 6.31. The van der Waals surface area contributed by atoms with Crippen molar-refractivity contribution in [1.29, 1.82) is 0 Å². The number of nitrogens with one attached hydrogen (secondary N) is 3. The number of rotatable bonds is 6. The average molecular weight is 477 g/mol. The van der Waals surface area contributed by atoms with E-state index in [4.69, 9.17) is 11.6 Å². The zero-order valence-corrected chi connectivity index (χ0v) is 20.1. The third kappa shape index (κ3) is 5.30. The molecule has 3 aromatic carbocycles. The fourth-order valence-corrected chi connectivity index (χ4v) is 4.58. The number of anilines is 2. The zero-order chi connectivity index (χ0) is 24.1. The van der Waals surface area contributed by atoms with Crippen molar-refractivity contribution in [2.75, 3.05) is 30.9 Å². The molecule has 2 amide bonds. The summed E-state index contributed by atoms with van der Waals surface area (Å²) in [7, 11) is 3.88. The molecule has 2 atom stereocenters. The second kappa shape index (κ2) is 10.8. The van der Waals surface area contributed by atoms with Gasteiger partial charge in [0, 0.05) is 40.6 Å². The van der Waals surface area contributed by atoms with Crippen LogP contribution in [-0.4, -0.2) is 38.5 Å². The topological polar surface area (TPSA) is 73.5 Å². The first-order valence-corrected chi connectivity index (χ1v) is 11.8. The van der Waals surface area contributed by atoms with E-state index in [1.54, 1.807) is 30.3 Å². The molecule has 34 heavy (non-hydrogen) atoms. The van der Waals surface area contributed by atoms with Gasteiger partial charge in [-0.3, -0.25) is 9.59 Å². The highest BCUT2D eigenvalue weighted by Gasteiger charge is 2.30. The van der Waals surface area contributed by atoms with Crippen LogP contribution < -0.4 is 20.9 Å². The number of benzene rings is 3. The number of amides is 2. The summed E-state index contributed by atoms with van der Waals surface area (Å²) in [6.07, 6.45) is 1.06. The SMILES string of the molecule is CNC1CC(NC)c2ccccc2N(C(=O)c2ccc(NC(=O)Cc3ccccc3Cl)cc2)C1. The van der Waals surface area contributed by atoms with Gasteiger partial charge in [0.05, 0.1) is 6.42 Å². The minimum atomic E-state index is -0.163. The van der Waals surface area contributed by atoms with Crippen LogP contribution in [0, 0.1) is 0 Å².